The first-order valence-corrected chi connectivity index (χ1v) is 5.28. The Hall–Kier alpha value is -1.23. The van der Waals surface area contributed by atoms with Gasteiger partial charge in [0.1, 0.15) is 0 Å². The van der Waals surface area contributed by atoms with Gasteiger partial charge in [0.25, 0.3) is 0 Å². The fraction of sp³-hybridized carbons (Fsp3) is 0.583. The van der Waals surface area contributed by atoms with Gasteiger partial charge < -0.3 is 4.57 Å². The zero-order valence-corrected chi connectivity index (χ0v) is 8.88. The Morgan fingerprint density at radius 2 is 2.21 bits per heavy atom. The lowest BCUT2D eigenvalue weighted by Gasteiger charge is -2.07. The number of nitriles is 1. The summed E-state index contributed by atoms with van der Waals surface area (Å²) in [7, 11) is 0. The van der Waals surface area contributed by atoms with E-state index >= 15 is 0 Å². The van der Waals surface area contributed by atoms with Gasteiger partial charge in [-0.1, -0.05) is 0 Å². The smallest absolute Gasteiger partial charge is 0.0625 e. The minimum absolute atomic E-state index is 0.634. The summed E-state index contributed by atoms with van der Waals surface area (Å²) in [6, 6.07) is 5.20. The summed E-state index contributed by atoms with van der Waals surface area (Å²) in [6.45, 7) is 4.35. The zero-order valence-electron chi connectivity index (χ0n) is 8.88. The third-order valence-corrected chi connectivity index (χ3v) is 3.01. The molecule has 1 fully saturated rings. The Labute approximate surface area is 85.2 Å². The first-order chi connectivity index (χ1) is 6.74. The number of hydrogen-bond acceptors (Lipinski definition) is 1. The Morgan fingerprint density at radius 1 is 1.50 bits per heavy atom. The van der Waals surface area contributed by atoms with Crippen LogP contribution in [0.5, 0.6) is 0 Å². The fourth-order valence-electron chi connectivity index (χ4n) is 2.18. The molecule has 0 bridgehead atoms. The summed E-state index contributed by atoms with van der Waals surface area (Å²) in [5, 5.41) is 8.56. The Bertz CT molecular complexity index is 378. The lowest BCUT2D eigenvalue weighted by atomic mass is 10.1. The minimum Gasteiger partial charge on any atom is -0.346 e. The molecule has 0 aromatic carbocycles. The van der Waals surface area contributed by atoms with E-state index in [1.54, 1.807) is 0 Å². The van der Waals surface area contributed by atoms with Crippen LogP contribution in [0.1, 0.15) is 42.3 Å². The molecule has 2 rings (SSSR count). The molecule has 1 heterocycles. The minimum atomic E-state index is 0.634. The van der Waals surface area contributed by atoms with Crippen LogP contribution in [0, 0.1) is 25.2 Å². The SMILES string of the molecule is Cc1cc(CCC#N)c(C)n1C1CC1. The van der Waals surface area contributed by atoms with Crippen molar-refractivity contribution in [2.75, 3.05) is 0 Å². The van der Waals surface area contributed by atoms with Crippen LogP contribution in [-0.2, 0) is 6.42 Å². The average Bonchev–Trinajstić information content (AvgIpc) is 2.92. The van der Waals surface area contributed by atoms with Crippen molar-refractivity contribution in [3.05, 3.63) is 23.0 Å². The van der Waals surface area contributed by atoms with Crippen LogP contribution >= 0.6 is 0 Å². The van der Waals surface area contributed by atoms with Crippen LogP contribution in [-0.4, -0.2) is 4.57 Å². The van der Waals surface area contributed by atoms with Gasteiger partial charge in [-0.05, 0) is 44.7 Å². The largest absolute Gasteiger partial charge is 0.346 e. The molecule has 1 aromatic rings. The van der Waals surface area contributed by atoms with Gasteiger partial charge in [-0.3, -0.25) is 0 Å². The van der Waals surface area contributed by atoms with Gasteiger partial charge in [-0.2, -0.15) is 5.26 Å². The monoisotopic (exact) mass is 188 g/mol. The third-order valence-electron chi connectivity index (χ3n) is 3.01. The lowest BCUT2D eigenvalue weighted by molar-refractivity contribution is 0.695. The highest BCUT2D eigenvalue weighted by Gasteiger charge is 2.26. The van der Waals surface area contributed by atoms with Crippen LogP contribution in [0.15, 0.2) is 6.07 Å². The second-order valence-electron chi connectivity index (χ2n) is 4.16. The van der Waals surface area contributed by atoms with E-state index in [-0.39, 0.29) is 0 Å². The molecule has 1 saturated carbocycles. The highest BCUT2D eigenvalue weighted by atomic mass is 15.1. The summed E-state index contributed by atoms with van der Waals surface area (Å²) < 4.78 is 2.44. The molecule has 0 saturated heterocycles. The molecule has 1 aliphatic carbocycles. The molecule has 0 N–H and O–H groups in total. The molecular formula is C12H16N2. The van der Waals surface area contributed by atoms with Crippen molar-refractivity contribution in [1.29, 1.82) is 5.26 Å². The van der Waals surface area contributed by atoms with Crippen LogP contribution in [0.4, 0.5) is 0 Å². The van der Waals surface area contributed by atoms with Crippen LogP contribution in [0.25, 0.3) is 0 Å². The predicted molar refractivity (Wildman–Crippen MR) is 56.1 cm³/mol. The predicted octanol–water partition coefficient (Wildman–Crippen LogP) is 2.90. The quantitative estimate of drug-likeness (QED) is 0.717. The third kappa shape index (κ3) is 1.55. The molecule has 1 aromatic heterocycles. The van der Waals surface area contributed by atoms with Gasteiger partial charge in [0.05, 0.1) is 6.07 Å². The number of rotatable bonds is 3. The topological polar surface area (TPSA) is 28.7 Å². The second-order valence-corrected chi connectivity index (χ2v) is 4.16. The maximum atomic E-state index is 8.56. The number of nitrogens with zero attached hydrogens (tertiary/aromatic N) is 2. The van der Waals surface area contributed by atoms with Gasteiger partial charge in [-0.25, -0.2) is 0 Å². The molecule has 0 aliphatic heterocycles. The fourth-order valence-corrected chi connectivity index (χ4v) is 2.18. The summed E-state index contributed by atoms with van der Waals surface area (Å²) >= 11 is 0. The maximum absolute atomic E-state index is 8.56. The van der Waals surface area contributed by atoms with E-state index in [4.69, 9.17) is 5.26 Å². The molecule has 0 atom stereocenters. The van der Waals surface area contributed by atoms with E-state index < -0.39 is 0 Å². The molecule has 2 nitrogen and oxygen atoms in total. The number of aromatic nitrogens is 1. The normalized spacial score (nSPS) is 15.5. The molecule has 0 unspecified atom stereocenters. The summed E-state index contributed by atoms with van der Waals surface area (Å²) in [6.07, 6.45) is 4.19. The van der Waals surface area contributed by atoms with Crippen LogP contribution in [0.3, 0.4) is 0 Å². The van der Waals surface area contributed by atoms with Crippen molar-refractivity contribution >= 4 is 0 Å². The summed E-state index contributed by atoms with van der Waals surface area (Å²) in [5.41, 5.74) is 4.09. The van der Waals surface area contributed by atoms with Gasteiger partial charge in [-0.15, -0.1) is 0 Å². The molecular weight excluding hydrogens is 172 g/mol. The Kier molecular flexibility index (Phi) is 2.33. The molecule has 14 heavy (non-hydrogen) atoms. The molecule has 0 amide bonds. The summed E-state index contributed by atoms with van der Waals surface area (Å²) in [5.74, 6) is 0. The van der Waals surface area contributed by atoms with Gasteiger partial charge in [0, 0.05) is 23.9 Å². The van der Waals surface area contributed by atoms with Crippen molar-refractivity contribution in [2.45, 2.75) is 45.6 Å². The molecule has 0 radical (unpaired) electrons. The van der Waals surface area contributed by atoms with Crippen molar-refractivity contribution in [3.8, 4) is 6.07 Å². The lowest BCUT2D eigenvalue weighted by Crippen LogP contribution is -1.99. The van der Waals surface area contributed by atoms with Crippen LogP contribution < -0.4 is 0 Å². The Morgan fingerprint density at radius 3 is 2.79 bits per heavy atom. The van der Waals surface area contributed by atoms with Crippen molar-refractivity contribution in [2.24, 2.45) is 0 Å². The maximum Gasteiger partial charge on any atom is 0.0625 e. The molecule has 1 aliphatic rings. The van der Waals surface area contributed by atoms with E-state index in [1.807, 2.05) is 0 Å². The van der Waals surface area contributed by atoms with E-state index in [1.165, 1.54) is 29.8 Å². The number of hydrogen-bond donors (Lipinski definition) is 0. The highest BCUT2D eigenvalue weighted by molar-refractivity contribution is 5.28. The zero-order chi connectivity index (χ0) is 10.1. The van der Waals surface area contributed by atoms with E-state index in [0.717, 1.165) is 12.5 Å². The summed E-state index contributed by atoms with van der Waals surface area (Å²) in [4.78, 5) is 0. The van der Waals surface area contributed by atoms with Crippen molar-refractivity contribution < 1.29 is 0 Å². The van der Waals surface area contributed by atoms with E-state index in [9.17, 15) is 0 Å². The van der Waals surface area contributed by atoms with Crippen molar-refractivity contribution in [3.63, 3.8) is 0 Å². The first kappa shape index (κ1) is 9.33. The van der Waals surface area contributed by atoms with Crippen LogP contribution in [0.2, 0.25) is 0 Å². The molecule has 74 valence electrons. The van der Waals surface area contributed by atoms with E-state index in [0.29, 0.717) is 6.42 Å². The van der Waals surface area contributed by atoms with E-state index in [2.05, 4.69) is 30.6 Å². The van der Waals surface area contributed by atoms with Crippen molar-refractivity contribution in [1.82, 2.24) is 4.57 Å². The molecule has 2 heteroatoms. The first-order valence-electron chi connectivity index (χ1n) is 5.28. The van der Waals surface area contributed by atoms with Gasteiger partial charge in [0.15, 0.2) is 0 Å². The van der Waals surface area contributed by atoms with Gasteiger partial charge >= 0.3 is 0 Å². The molecule has 0 spiro atoms. The number of aryl methyl sites for hydroxylation is 2. The Balaban J connectivity index is 2.25. The second kappa shape index (κ2) is 3.49. The average molecular weight is 188 g/mol. The van der Waals surface area contributed by atoms with Gasteiger partial charge in [0.2, 0.25) is 0 Å². The standard InChI is InChI=1S/C12H16N2/c1-9-8-11(4-3-7-13)10(2)14(9)12-5-6-12/h8,12H,3-6H2,1-2H3. The highest BCUT2D eigenvalue weighted by Crippen LogP contribution is 2.38.